The van der Waals surface area contributed by atoms with Crippen LogP contribution in [0.1, 0.15) is 5.56 Å². The molecule has 1 aliphatic rings. The van der Waals surface area contributed by atoms with Gasteiger partial charge in [-0.05, 0) is 17.7 Å². The molecule has 0 spiro atoms. The summed E-state index contributed by atoms with van der Waals surface area (Å²) in [6.45, 7) is 1.87. The van der Waals surface area contributed by atoms with E-state index in [-0.39, 0.29) is 29.1 Å². The van der Waals surface area contributed by atoms with Crippen LogP contribution in [0.5, 0.6) is 0 Å². The summed E-state index contributed by atoms with van der Waals surface area (Å²) in [6.07, 6.45) is 0. The molecule has 0 radical (unpaired) electrons. The van der Waals surface area contributed by atoms with Crippen LogP contribution in [0, 0.1) is 5.92 Å². The molecule has 1 amide bonds. The van der Waals surface area contributed by atoms with Crippen LogP contribution in [0.3, 0.4) is 0 Å². The van der Waals surface area contributed by atoms with E-state index in [2.05, 4.69) is 10.6 Å². The lowest BCUT2D eigenvalue weighted by Crippen LogP contribution is -2.50. The Labute approximate surface area is 131 Å². The van der Waals surface area contributed by atoms with Crippen molar-refractivity contribution in [2.75, 3.05) is 27.2 Å². The Kier molecular flexibility index (Phi) is 6.15. The fourth-order valence-electron chi connectivity index (χ4n) is 1.80. The molecular weight excluding hydrogens is 314 g/mol. The second-order valence-corrected chi connectivity index (χ2v) is 7.16. The van der Waals surface area contributed by atoms with Crippen molar-refractivity contribution in [3.05, 3.63) is 29.8 Å². The SMILES string of the molecule is CN(C)S(=O)(=O)c1ccc(CNC(=O)C2CNC2)cc1.Cl. The van der Waals surface area contributed by atoms with Gasteiger partial charge in [-0.2, -0.15) is 0 Å². The zero-order valence-corrected chi connectivity index (χ0v) is 13.6. The maximum Gasteiger partial charge on any atom is 0.242 e. The summed E-state index contributed by atoms with van der Waals surface area (Å²) in [5.74, 6) is 0.0946. The molecule has 0 unspecified atom stereocenters. The quantitative estimate of drug-likeness (QED) is 0.806. The van der Waals surface area contributed by atoms with E-state index >= 15 is 0 Å². The molecule has 0 saturated carbocycles. The lowest BCUT2D eigenvalue weighted by molar-refractivity contribution is -0.126. The van der Waals surface area contributed by atoms with Gasteiger partial charge in [0.1, 0.15) is 0 Å². The van der Waals surface area contributed by atoms with Gasteiger partial charge in [0.2, 0.25) is 15.9 Å². The summed E-state index contributed by atoms with van der Waals surface area (Å²) in [7, 11) is -0.403. The van der Waals surface area contributed by atoms with Gasteiger partial charge < -0.3 is 10.6 Å². The Morgan fingerprint density at radius 2 is 1.86 bits per heavy atom. The number of amides is 1. The van der Waals surface area contributed by atoms with Gasteiger partial charge in [-0.25, -0.2) is 12.7 Å². The highest BCUT2D eigenvalue weighted by Crippen LogP contribution is 2.14. The number of halogens is 1. The summed E-state index contributed by atoms with van der Waals surface area (Å²) in [5.41, 5.74) is 0.878. The fraction of sp³-hybridized carbons (Fsp3) is 0.462. The van der Waals surface area contributed by atoms with Gasteiger partial charge >= 0.3 is 0 Å². The highest BCUT2D eigenvalue weighted by Gasteiger charge is 2.24. The monoisotopic (exact) mass is 333 g/mol. The number of carbonyl (C=O) groups excluding carboxylic acids is 1. The molecular formula is C13H20ClN3O3S. The third-order valence-corrected chi connectivity index (χ3v) is 5.15. The molecule has 2 rings (SSSR count). The van der Waals surface area contributed by atoms with Gasteiger partial charge in [-0.3, -0.25) is 4.79 Å². The van der Waals surface area contributed by atoms with Gasteiger partial charge in [-0.1, -0.05) is 12.1 Å². The highest BCUT2D eigenvalue weighted by atomic mass is 35.5. The zero-order chi connectivity index (χ0) is 14.8. The number of nitrogens with one attached hydrogen (secondary N) is 2. The molecule has 118 valence electrons. The lowest BCUT2D eigenvalue weighted by Gasteiger charge is -2.25. The van der Waals surface area contributed by atoms with E-state index in [0.717, 1.165) is 18.7 Å². The number of nitrogens with zero attached hydrogens (tertiary/aromatic N) is 1. The van der Waals surface area contributed by atoms with Crippen LogP contribution >= 0.6 is 12.4 Å². The number of benzene rings is 1. The van der Waals surface area contributed by atoms with Crippen LogP contribution < -0.4 is 10.6 Å². The van der Waals surface area contributed by atoms with Crippen molar-refractivity contribution in [1.29, 1.82) is 0 Å². The first-order valence-electron chi connectivity index (χ1n) is 6.41. The fourth-order valence-corrected chi connectivity index (χ4v) is 2.70. The predicted octanol–water partition coefficient (Wildman–Crippen LogP) is 0.194. The summed E-state index contributed by atoms with van der Waals surface area (Å²) in [4.78, 5) is 11.9. The van der Waals surface area contributed by atoms with E-state index in [9.17, 15) is 13.2 Å². The minimum atomic E-state index is -3.40. The minimum absolute atomic E-state index is 0. The van der Waals surface area contributed by atoms with Crippen molar-refractivity contribution in [3.63, 3.8) is 0 Å². The maximum absolute atomic E-state index is 11.9. The van der Waals surface area contributed by atoms with Crippen LogP contribution in [0.4, 0.5) is 0 Å². The van der Waals surface area contributed by atoms with Gasteiger partial charge in [0.15, 0.2) is 0 Å². The van der Waals surface area contributed by atoms with Crippen LogP contribution in [0.2, 0.25) is 0 Å². The molecule has 1 saturated heterocycles. The van der Waals surface area contributed by atoms with Crippen molar-refractivity contribution in [3.8, 4) is 0 Å². The second-order valence-electron chi connectivity index (χ2n) is 5.00. The van der Waals surface area contributed by atoms with Crippen LogP contribution in [0.15, 0.2) is 29.2 Å². The predicted molar refractivity (Wildman–Crippen MR) is 82.8 cm³/mol. The molecule has 8 heteroatoms. The number of hydrogen-bond donors (Lipinski definition) is 2. The van der Waals surface area contributed by atoms with E-state index in [1.165, 1.54) is 18.4 Å². The van der Waals surface area contributed by atoms with E-state index < -0.39 is 10.0 Å². The average molecular weight is 334 g/mol. The van der Waals surface area contributed by atoms with Crippen LogP contribution in [-0.4, -0.2) is 45.8 Å². The van der Waals surface area contributed by atoms with E-state index in [0.29, 0.717) is 6.54 Å². The molecule has 1 aliphatic heterocycles. The minimum Gasteiger partial charge on any atom is -0.352 e. The number of sulfonamides is 1. The second kappa shape index (κ2) is 7.22. The summed E-state index contributed by atoms with van der Waals surface area (Å²) in [6, 6.07) is 6.55. The normalized spacial score (nSPS) is 15.2. The number of carbonyl (C=O) groups is 1. The van der Waals surface area contributed by atoms with Crippen molar-refractivity contribution in [2.45, 2.75) is 11.4 Å². The molecule has 1 aromatic rings. The molecule has 0 bridgehead atoms. The van der Waals surface area contributed by atoms with Crippen LogP contribution in [-0.2, 0) is 21.4 Å². The van der Waals surface area contributed by atoms with Gasteiger partial charge in [0, 0.05) is 33.7 Å². The van der Waals surface area contributed by atoms with E-state index in [1.54, 1.807) is 24.3 Å². The van der Waals surface area contributed by atoms with Crippen molar-refractivity contribution in [1.82, 2.24) is 14.9 Å². The van der Waals surface area contributed by atoms with Crippen LogP contribution in [0.25, 0.3) is 0 Å². The topological polar surface area (TPSA) is 78.5 Å². The molecule has 2 N–H and O–H groups in total. The Morgan fingerprint density at radius 1 is 1.29 bits per heavy atom. The molecule has 0 aromatic heterocycles. The molecule has 1 fully saturated rings. The standard InChI is InChI=1S/C13H19N3O3S.ClH/c1-16(2)20(18,19)12-5-3-10(4-6-12)7-15-13(17)11-8-14-9-11;/h3-6,11,14H,7-9H2,1-2H3,(H,15,17);1H. The molecule has 1 heterocycles. The van der Waals surface area contributed by atoms with E-state index in [4.69, 9.17) is 0 Å². The van der Waals surface area contributed by atoms with Gasteiger partial charge in [-0.15, -0.1) is 12.4 Å². The highest BCUT2D eigenvalue weighted by molar-refractivity contribution is 7.89. The van der Waals surface area contributed by atoms with Crippen molar-refractivity contribution in [2.24, 2.45) is 5.92 Å². The molecule has 6 nitrogen and oxygen atoms in total. The van der Waals surface area contributed by atoms with E-state index in [1.807, 2.05) is 0 Å². The number of hydrogen-bond acceptors (Lipinski definition) is 4. The Hall–Kier alpha value is -1.15. The Balaban J connectivity index is 0.00000220. The molecule has 0 aliphatic carbocycles. The Morgan fingerprint density at radius 3 is 2.29 bits per heavy atom. The smallest absolute Gasteiger partial charge is 0.242 e. The van der Waals surface area contributed by atoms with Crippen molar-refractivity contribution < 1.29 is 13.2 Å². The number of rotatable bonds is 5. The first-order valence-corrected chi connectivity index (χ1v) is 7.85. The average Bonchev–Trinajstić information content (AvgIpc) is 2.34. The maximum atomic E-state index is 11.9. The van der Waals surface area contributed by atoms with Crippen molar-refractivity contribution >= 4 is 28.3 Å². The first kappa shape index (κ1) is 17.9. The Bertz CT molecular complexity index is 583. The third-order valence-electron chi connectivity index (χ3n) is 3.32. The first-order chi connectivity index (χ1) is 9.41. The lowest BCUT2D eigenvalue weighted by atomic mass is 10.0. The summed E-state index contributed by atoms with van der Waals surface area (Å²) < 4.78 is 25.0. The summed E-state index contributed by atoms with van der Waals surface area (Å²) in [5, 5.41) is 5.89. The van der Waals surface area contributed by atoms with Gasteiger partial charge in [0.25, 0.3) is 0 Å². The molecule has 0 atom stereocenters. The molecule has 1 aromatic carbocycles. The summed E-state index contributed by atoms with van der Waals surface area (Å²) >= 11 is 0. The molecule has 21 heavy (non-hydrogen) atoms. The third kappa shape index (κ3) is 4.16. The zero-order valence-electron chi connectivity index (χ0n) is 12.0. The van der Waals surface area contributed by atoms with Gasteiger partial charge in [0.05, 0.1) is 10.8 Å². The largest absolute Gasteiger partial charge is 0.352 e.